The lowest BCUT2D eigenvalue weighted by atomic mass is 10.00. The number of hydrogen-bond donors (Lipinski definition) is 1. The van der Waals surface area contributed by atoms with Gasteiger partial charge in [0.15, 0.2) is 0 Å². The Labute approximate surface area is 137 Å². The van der Waals surface area contributed by atoms with E-state index in [1.807, 2.05) is 0 Å². The minimum atomic E-state index is -3.65. The number of ether oxygens (including phenoxy) is 2. The summed E-state index contributed by atoms with van der Waals surface area (Å²) in [5.41, 5.74) is 0. The van der Waals surface area contributed by atoms with Gasteiger partial charge in [0.25, 0.3) is 0 Å². The first-order valence-corrected chi connectivity index (χ1v) is 9.52. The van der Waals surface area contributed by atoms with Crippen LogP contribution in [0.25, 0.3) is 0 Å². The fraction of sp³-hybridized carbons (Fsp3) is 0.625. The van der Waals surface area contributed by atoms with Crippen LogP contribution in [0.1, 0.15) is 25.7 Å². The molecule has 128 valence electrons. The molecule has 1 N–H and O–H groups in total. The van der Waals surface area contributed by atoms with Gasteiger partial charge in [-0.15, -0.1) is 0 Å². The Kier molecular flexibility index (Phi) is 4.79. The van der Waals surface area contributed by atoms with Crippen molar-refractivity contribution in [3.8, 4) is 11.5 Å². The fourth-order valence-corrected chi connectivity index (χ4v) is 5.13. The smallest absolute Gasteiger partial charge is 0.244 e. The largest absolute Gasteiger partial charge is 0.497 e. The molecule has 2 aliphatic heterocycles. The molecule has 23 heavy (non-hydrogen) atoms. The standard InChI is InChI=1S/C16H24N2O4S/c1-21-12-6-7-15(22-2)16(11-12)23(19,20)17-13-8-10-18-9-4-3-5-14(13)18/h6-7,11,13-14,17H,3-5,8-10H2,1-2H3/t13-,14+/m1/s1. The molecular formula is C16H24N2O4S. The highest BCUT2D eigenvalue weighted by atomic mass is 32.2. The van der Waals surface area contributed by atoms with E-state index in [2.05, 4.69) is 9.62 Å². The van der Waals surface area contributed by atoms with Crippen molar-refractivity contribution in [2.45, 2.75) is 42.7 Å². The van der Waals surface area contributed by atoms with Crippen molar-refractivity contribution in [3.05, 3.63) is 18.2 Å². The van der Waals surface area contributed by atoms with Crippen LogP contribution in [-0.2, 0) is 10.0 Å². The highest BCUT2D eigenvalue weighted by Gasteiger charge is 2.38. The zero-order valence-electron chi connectivity index (χ0n) is 13.6. The monoisotopic (exact) mass is 340 g/mol. The zero-order chi connectivity index (χ0) is 16.4. The van der Waals surface area contributed by atoms with Gasteiger partial charge in [-0.1, -0.05) is 6.42 Å². The van der Waals surface area contributed by atoms with E-state index in [0.29, 0.717) is 17.5 Å². The van der Waals surface area contributed by atoms with Crippen LogP contribution < -0.4 is 14.2 Å². The molecule has 0 bridgehead atoms. The summed E-state index contributed by atoms with van der Waals surface area (Å²) in [6.07, 6.45) is 4.29. The van der Waals surface area contributed by atoms with E-state index in [-0.39, 0.29) is 10.9 Å². The molecule has 0 aromatic heterocycles. The minimum absolute atomic E-state index is 0.0313. The number of methoxy groups -OCH3 is 2. The van der Waals surface area contributed by atoms with Gasteiger partial charge in [0, 0.05) is 24.7 Å². The molecule has 3 rings (SSSR count). The van der Waals surface area contributed by atoms with E-state index in [1.165, 1.54) is 33.1 Å². The Hall–Kier alpha value is -1.31. The van der Waals surface area contributed by atoms with Crippen molar-refractivity contribution >= 4 is 10.0 Å². The molecule has 2 atom stereocenters. The molecule has 0 saturated carbocycles. The Morgan fingerprint density at radius 3 is 2.70 bits per heavy atom. The molecule has 0 unspecified atom stereocenters. The predicted molar refractivity (Wildman–Crippen MR) is 87.5 cm³/mol. The maximum atomic E-state index is 12.8. The summed E-state index contributed by atoms with van der Waals surface area (Å²) in [5.74, 6) is 0.827. The van der Waals surface area contributed by atoms with Gasteiger partial charge >= 0.3 is 0 Å². The summed E-state index contributed by atoms with van der Waals surface area (Å²) in [4.78, 5) is 2.54. The van der Waals surface area contributed by atoms with Gasteiger partial charge in [0.05, 0.1) is 14.2 Å². The van der Waals surface area contributed by atoms with Crippen molar-refractivity contribution in [2.24, 2.45) is 0 Å². The first-order chi connectivity index (χ1) is 11.0. The van der Waals surface area contributed by atoms with Crippen LogP contribution in [0.4, 0.5) is 0 Å². The van der Waals surface area contributed by atoms with Gasteiger partial charge in [-0.3, -0.25) is 4.90 Å². The number of nitrogens with one attached hydrogen (secondary N) is 1. The van der Waals surface area contributed by atoms with Crippen molar-refractivity contribution in [3.63, 3.8) is 0 Å². The molecule has 0 aliphatic carbocycles. The second kappa shape index (κ2) is 6.67. The summed E-state index contributed by atoms with van der Waals surface area (Å²) in [5, 5.41) is 0. The minimum Gasteiger partial charge on any atom is -0.497 e. The quantitative estimate of drug-likeness (QED) is 0.882. The number of sulfonamides is 1. The third kappa shape index (κ3) is 3.32. The third-order valence-corrected chi connectivity index (χ3v) is 6.33. The van der Waals surface area contributed by atoms with E-state index >= 15 is 0 Å². The normalized spacial score (nSPS) is 25.1. The van der Waals surface area contributed by atoms with Gasteiger partial charge in [-0.05, 0) is 37.9 Å². The van der Waals surface area contributed by atoms with Crippen molar-refractivity contribution < 1.29 is 17.9 Å². The van der Waals surface area contributed by atoms with Crippen LogP contribution >= 0.6 is 0 Å². The van der Waals surface area contributed by atoms with E-state index < -0.39 is 10.0 Å². The Bertz CT molecular complexity index is 662. The summed E-state index contributed by atoms with van der Waals surface area (Å²) >= 11 is 0. The Morgan fingerprint density at radius 2 is 1.96 bits per heavy atom. The second-order valence-electron chi connectivity index (χ2n) is 6.13. The van der Waals surface area contributed by atoms with Gasteiger partial charge in [-0.25, -0.2) is 13.1 Å². The van der Waals surface area contributed by atoms with Crippen LogP contribution in [0.15, 0.2) is 23.1 Å². The molecule has 2 aliphatic rings. The van der Waals surface area contributed by atoms with Crippen LogP contribution in [0, 0.1) is 0 Å². The lowest BCUT2D eigenvalue weighted by Crippen LogP contribution is -2.46. The van der Waals surface area contributed by atoms with Gasteiger partial charge < -0.3 is 9.47 Å². The third-order valence-electron chi connectivity index (χ3n) is 4.82. The number of fused-ring (bicyclic) bond motifs is 1. The van der Waals surface area contributed by atoms with Gasteiger partial charge in [0.2, 0.25) is 10.0 Å². The van der Waals surface area contributed by atoms with Crippen molar-refractivity contribution in [1.82, 2.24) is 9.62 Å². The molecule has 0 radical (unpaired) electrons. The molecule has 0 amide bonds. The molecule has 0 spiro atoms. The number of nitrogens with zero attached hydrogens (tertiary/aromatic N) is 1. The maximum Gasteiger partial charge on any atom is 0.244 e. The molecular weight excluding hydrogens is 316 g/mol. The first-order valence-electron chi connectivity index (χ1n) is 8.03. The number of piperidine rings is 1. The molecule has 1 aromatic carbocycles. The van der Waals surface area contributed by atoms with E-state index in [4.69, 9.17) is 9.47 Å². The highest BCUT2D eigenvalue weighted by molar-refractivity contribution is 7.89. The zero-order valence-corrected chi connectivity index (χ0v) is 14.4. The lowest BCUT2D eigenvalue weighted by molar-refractivity contribution is 0.186. The van der Waals surface area contributed by atoms with Gasteiger partial charge in [0.1, 0.15) is 16.4 Å². The number of benzene rings is 1. The number of hydrogen-bond acceptors (Lipinski definition) is 5. The van der Waals surface area contributed by atoms with E-state index in [1.54, 1.807) is 12.1 Å². The Morgan fingerprint density at radius 1 is 1.13 bits per heavy atom. The average molecular weight is 340 g/mol. The molecule has 7 heteroatoms. The summed E-state index contributed by atoms with van der Waals surface area (Å²) < 4.78 is 38.9. The summed E-state index contributed by atoms with van der Waals surface area (Å²) in [7, 11) is -0.663. The molecule has 2 saturated heterocycles. The molecule has 1 aromatic rings. The predicted octanol–water partition coefficient (Wildman–Crippen LogP) is 1.61. The van der Waals surface area contributed by atoms with E-state index in [0.717, 1.165) is 25.9 Å². The first kappa shape index (κ1) is 16.5. The van der Waals surface area contributed by atoms with Crippen molar-refractivity contribution in [1.29, 1.82) is 0 Å². The molecule has 2 heterocycles. The van der Waals surface area contributed by atoms with Crippen LogP contribution in [-0.4, -0.2) is 52.7 Å². The SMILES string of the molecule is COc1ccc(OC)c(S(=O)(=O)N[C@@H]2CCN3CCCC[C@@H]23)c1. The second-order valence-corrected chi connectivity index (χ2v) is 7.81. The Balaban J connectivity index is 1.84. The number of rotatable bonds is 5. The average Bonchev–Trinajstić information content (AvgIpc) is 2.97. The van der Waals surface area contributed by atoms with Crippen molar-refractivity contribution in [2.75, 3.05) is 27.3 Å². The highest BCUT2D eigenvalue weighted by Crippen LogP contribution is 2.31. The fourth-order valence-electron chi connectivity index (χ4n) is 3.64. The molecule has 2 fully saturated rings. The maximum absolute atomic E-state index is 12.8. The molecule has 6 nitrogen and oxygen atoms in total. The summed E-state index contributed by atoms with van der Waals surface area (Å²) in [6, 6.07) is 5.10. The van der Waals surface area contributed by atoms with Crippen LogP contribution in [0.3, 0.4) is 0 Å². The van der Waals surface area contributed by atoms with Crippen LogP contribution in [0.2, 0.25) is 0 Å². The summed E-state index contributed by atoms with van der Waals surface area (Å²) in [6.45, 7) is 2.04. The lowest BCUT2D eigenvalue weighted by Gasteiger charge is -2.32. The van der Waals surface area contributed by atoms with Crippen LogP contribution in [0.5, 0.6) is 11.5 Å². The topological polar surface area (TPSA) is 67.9 Å². The van der Waals surface area contributed by atoms with Gasteiger partial charge in [-0.2, -0.15) is 0 Å². The van der Waals surface area contributed by atoms with E-state index in [9.17, 15) is 8.42 Å².